The number of ether oxygens (including phenoxy) is 1. The molecule has 2 amide bonds. The standard InChI is InChI=1S/C9H16N2O3/c1-8(12)10(2)7-9(13)11-3-5-14-6-4-11/h3-7H2,1-2H3. The molecular weight excluding hydrogens is 184 g/mol. The van der Waals surface area contributed by atoms with Gasteiger partial charge in [0.05, 0.1) is 19.8 Å². The maximum Gasteiger partial charge on any atom is 0.242 e. The maximum absolute atomic E-state index is 11.6. The first-order valence-electron chi connectivity index (χ1n) is 4.68. The lowest BCUT2D eigenvalue weighted by Crippen LogP contribution is -2.45. The third-order valence-corrected chi connectivity index (χ3v) is 2.27. The molecule has 1 fully saturated rings. The van der Waals surface area contributed by atoms with Gasteiger partial charge in [-0.3, -0.25) is 9.59 Å². The second kappa shape index (κ2) is 4.95. The first-order valence-corrected chi connectivity index (χ1v) is 4.68. The van der Waals surface area contributed by atoms with Crippen molar-refractivity contribution in [2.75, 3.05) is 39.9 Å². The number of likely N-dealkylation sites (N-methyl/N-ethyl adjacent to an activating group) is 1. The second-order valence-corrected chi connectivity index (χ2v) is 3.37. The third kappa shape index (κ3) is 2.99. The summed E-state index contributed by atoms with van der Waals surface area (Å²) in [6.45, 7) is 4.06. The van der Waals surface area contributed by atoms with Gasteiger partial charge in [-0.15, -0.1) is 0 Å². The number of carbonyl (C=O) groups excluding carboxylic acids is 2. The van der Waals surface area contributed by atoms with Gasteiger partial charge in [0.15, 0.2) is 0 Å². The zero-order valence-electron chi connectivity index (χ0n) is 8.65. The normalized spacial score (nSPS) is 16.6. The maximum atomic E-state index is 11.6. The van der Waals surface area contributed by atoms with Gasteiger partial charge in [-0.05, 0) is 0 Å². The lowest BCUT2D eigenvalue weighted by atomic mass is 10.4. The van der Waals surface area contributed by atoms with Crippen LogP contribution < -0.4 is 0 Å². The quantitative estimate of drug-likeness (QED) is 0.593. The van der Waals surface area contributed by atoms with E-state index in [1.165, 1.54) is 11.8 Å². The van der Waals surface area contributed by atoms with E-state index in [-0.39, 0.29) is 18.4 Å². The summed E-state index contributed by atoms with van der Waals surface area (Å²) in [4.78, 5) is 25.6. The molecular formula is C9H16N2O3. The summed E-state index contributed by atoms with van der Waals surface area (Å²) < 4.78 is 5.13. The average molecular weight is 200 g/mol. The Labute approximate surface area is 83.6 Å². The Morgan fingerprint density at radius 2 is 1.93 bits per heavy atom. The fourth-order valence-corrected chi connectivity index (χ4v) is 1.23. The number of carbonyl (C=O) groups is 2. The molecule has 0 aliphatic carbocycles. The predicted octanol–water partition coefficient (Wildman–Crippen LogP) is -0.676. The molecule has 0 bridgehead atoms. The molecule has 0 saturated carbocycles. The molecule has 14 heavy (non-hydrogen) atoms. The van der Waals surface area contributed by atoms with Gasteiger partial charge in [0.1, 0.15) is 0 Å². The molecule has 0 aromatic heterocycles. The SMILES string of the molecule is CC(=O)N(C)CC(=O)N1CCOCC1. The lowest BCUT2D eigenvalue weighted by Gasteiger charge is -2.28. The second-order valence-electron chi connectivity index (χ2n) is 3.37. The van der Waals surface area contributed by atoms with E-state index in [0.717, 1.165) is 0 Å². The topological polar surface area (TPSA) is 49.9 Å². The van der Waals surface area contributed by atoms with Crippen molar-refractivity contribution in [1.82, 2.24) is 9.80 Å². The molecule has 5 nitrogen and oxygen atoms in total. The highest BCUT2D eigenvalue weighted by Crippen LogP contribution is 1.98. The van der Waals surface area contributed by atoms with Gasteiger partial charge in [0, 0.05) is 27.1 Å². The Kier molecular flexibility index (Phi) is 3.88. The van der Waals surface area contributed by atoms with E-state index >= 15 is 0 Å². The molecule has 1 heterocycles. The summed E-state index contributed by atoms with van der Waals surface area (Å²) in [5.41, 5.74) is 0. The number of hydrogen-bond donors (Lipinski definition) is 0. The van der Waals surface area contributed by atoms with E-state index in [2.05, 4.69) is 0 Å². The van der Waals surface area contributed by atoms with E-state index in [1.807, 2.05) is 0 Å². The third-order valence-electron chi connectivity index (χ3n) is 2.27. The monoisotopic (exact) mass is 200 g/mol. The number of hydrogen-bond acceptors (Lipinski definition) is 3. The Morgan fingerprint density at radius 1 is 1.36 bits per heavy atom. The van der Waals surface area contributed by atoms with Gasteiger partial charge < -0.3 is 14.5 Å². The first-order chi connectivity index (χ1) is 6.61. The summed E-state index contributed by atoms with van der Waals surface area (Å²) in [6.07, 6.45) is 0. The summed E-state index contributed by atoms with van der Waals surface area (Å²) in [5.74, 6) is -0.0994. The van der Waals surface area contributed by atoms with Crippen LogP contribution in [0.1, 0.15) is 6.92 Å². The molecule has 0 aromatic carbocycles. The van der Waals surface area contributed by atoms with Crippen molar-refractivity contribution >= 4 is 11.8 Å². The molecule has 1 saturated heterocycles. The molecule has 0 N–H and O–H groups in total. The predicted molar refractivity (Wildman–Crippen MR) is 50.7 cm³/mol. The fraction of sp³-hybridized carbons (Fsp3) is 0.778. The molecule has 0 unspecified atom stereocenters. The number of amides is 2. The van der Waals surface area contributed by atoms with Crippen molar-refractivity contribution in [1.29, 1.82) is 0 Å². The molecule has 1 aliphatic heterocycles. The van der Waals surface area contributed by atoms with Gasteiger partial charge in [-0.2, -0.15) is 0 Å². The van der Waals surface area contributed by atoms with Crippen LogP contribution in [0.5, 0.6) is 0 Å². The summed E-state index contributed by atoms with van der Waals surface area (Å²) in [7, 11) is 1.63. The van der Waals surface area contributed by atoms with Crippen LogP contribution in [0, 0.1) is 0 Å². The highest BCUT2D eigenvalue weighted by atomic mass is 16.5. The highest BCUT2D eigenvalue weighted by Gasteiger charge is 2.18. The minimum Gasteiger partial charge on any atom is -0.378 e. The molecule has 0 spiro atoms. The summed E-state index contributed by atoms with van der Waals surface area (Å²) in [6, 6.07) is 0. The van der Waals surface area contributed by atoms with Gasteiger partial charge in [-0.1, -0.05) is 0 Å². The number of rotatable bonds is 2. The Bertz CT molecular complexity index is 224. The fourth-order valence-electron chi connectivity index (χ4n) is 1.23. The van der Waals surface area contributed by atoms with Gasteiger partial charge in [-0.25, -0.2) is 0 Å². The van der Waals surface area contributed by atoms with Crippen LogP contribution in [-0.4, -0.2) is 61.5 Å². The zero-order chi connectivity index (χ0) is 10.6. The Hall–Kier alpha value is -1.10. The molecule has 0 aromatic rings. The molecule has 0 radical (unpaired) electrons. The largest absolute Gasteiger partial charge is 0.378 e. The van der Waals surface area contributed by atoms with Crippen LogP contribution in [0.4, 0.5) is 0 Å². The zero-order valence-corrected chi connectivity index (χ0v) is 8.65. The molecule has 0 atom stereocenters. The number of nitrogens with zero attached hydrogens (tertiary/aromatic N) is 2. The van der Waals surface area contributed by atoms with E-state index in [1.54, 1.807) is 11.9 Å². The molecule has 1 rings (SSSR count). The average Bonchev–Trinajstić information content (AvgIpc) is 2.19. The highest BCUT2D eigenvalue weighted by molar-refractivity contribution is 5.83. The van der Waals surface area contributed by atoms with Crippen LogP contribution in [0.2, 0.25) is 0 Å². The summed E-state index contributed by atoms with van der Waals surface area (Å²) >= 11 is 0. The Balaban J connectivity index is 2.36. The smallest absolute Gasteiger partial charge is 0.242 e. The van der Waals surface area contributed by atoms with Crippen molar-refractivity contribution in [3.63, 3.8) is 0 Å². The van der Waals surface area contributed by atoms with Gasteiger partial charge >= 0.3 is 0 Å². The van der Waals surface area contributed by atoms with Gasteiger partial charge in [0.25, 0.3) is 0 Å². The summed E-state index contributed by atoms with van der Waals surface area (Å²) in [5, 5.41) is 0. The molecule has 5 heteroatoms. The van der Waals surface area contributed by atoms with E-state index in [0.29, 0.717) is 26.3 Å². The molecule has 1 aliphatic rings. The number of morpholine rings is 1. The lowest BCUT2D eigenvalue weighted by molar-refractivity contribution is -0.141. The van der Waals surface area contributed by atoms with Crippen molar-refractivity contribution in [2.45, 2.75) is 6.92 Å². The molecule has 80 valence electrons. The van der Waals surface area contributed by atoms with Crippen LogP contribution in [0.15, 0.2) is 0 Å². The van der Waals surface area contributed by atoms with Crippen molar-refractivity contribution < 1.29 is 14.3 Å². The van der Waals surface area contributed by atoms with Crippen LogP contribution in [0.25, 0.3) is 0 Å². The first kappa shape index (κ1) is 11.0. The van der Waals surface area contributed by atoms with Crippen LogP contribution in [0.3, 0.4) is 0 Å². The van der Waals surface area contributed by atoms with Crippen LogP contribution in [-0.2, 0) is 14.3 Å². The van der Waals surface area contributed by atoms with E-state index < -0.39 is 0 Å². The van der Waals surface area contributed by atoms with E-state index in [9.17, 15) is 9.59 Å². The minimum atomic E-state index is -0.0911. The van der Waals surface area contributed by atoms with Crippen molar-refractivity contribution in [3.05, 3.63) is 0 Å². The van der Waals surface area contributed by atoms with Crippen LogP contribution >= 0.6 is 0 Å². The van der Waals surface area contributed by atoms with Crippen molar-refractivity contribution in [3.8, 4) is 0 Å². The van der Waals surface area contributed by atoms with Crippen molar-refractivity contribution in [2.24, 2.45) is 0 Å². The van der Waals surface area contributed by atoms with E-state index in [4.69, 9.17) is 4.74 Å². The Morgan fingerprint density at radius 3 is 2.43 bits per heavy atom. The van der Waals surface area contributed by atoms with Gasteiger partial charge in [0.2, 0.25) is 11.8 Å². The minimum absolute atomic E-state index is 0.00833.